The molecule has 5 nitrogen and oxygen atoms in total. The monoisotopic (exact) mass is 395 g/mol. The Morgan fingerprint density at radius 1 is 1.08 bits per heavy atom. The van der Waals surface area contributed by atoms with Crippen LogP contribution in [0.1, 0.15) is 4.88 Å². The van der Waals surface area contributed by atoms with Crippen molar-refractivity contribution in [1.82, 2.24) is 8.75 Å². The molecule has 4 aromatic rings. The second-order valence-corrected chi connectivity index (χ2v) is 7.87. The Bertz CT molecular complexity index is 1180. The van der Waals surface area contributed by atoms with Crippen LogP contribution >= 0.6 is 34.4 Å². The number of hydrogen-bond donors (Lipinski definition) is 1. The highest BCUT2D eigenvalue weighted by molar-refractivity contribution is 7.16. The number of aromatic nitrogens is 2. The van der Waals surface area contributed by atoms with Gasteiger partial charge in [-0.05, 0) is 29.7 Å². The molecule has 0 radical (unpaired) electrons. The van der Waals surface area contributed by atoms with Crippen molar-refractivity contribution in [3.8, 4) is 27.0 Å². The average molecular weight is 395 g/mol. The minimum absolute atomic E-state index is 0.285. The van der Waals surface area contributed by atoms with E-state index in [0.29, 0.717) is 4.88 Å². The molecule has 0 fully saturated rings. The summed E-state index contributed by atoms with van der Waals surface area (Å²) in [7, 11) is 0. The van der Waals surface area contributed by atoms with Gasteiger partial charge in [0.15, 0.2) is 0 Å². The molecular formula is C18H9N3O2S3. The minimum atomic E-state index is -1.23. The lowest BCUT2D eigenvalue weighted by atomic mass is 10.1. The Labute approximate surface area is 160 Å². The third-order valence-electron chi connectivity index (χ3n) is 3.73. The van der Waals surface area contributed by atoms with Gasteiger partial charge < -0.3 is 5.11 Å². The van der Waals surface area contributed by atoms with Crippen molar-refractivity contribution in [3.63, 3.8) is 0 Å². The fourth-order valence-electron chi connectivity index (χ4n) is 2.56. The van der Waals surface area contributed by atoms with Gasteiger partial charge in [0.1, 0.15) is 22.7 Å². The Kier molecular flexibility index (Phi) is 4.34. The quantitative estimate of drug-likeness (QED) is 0.382. The van der Waals surface area contributed by atoms with Gasteiger partial charge in [-0.2, -0.15) is 14.0 Å². The van der Waals surface area contributed by atoms with E-state index in [0.717, 1.165) is 31.9 Å². The zero-order valence-electron chi connectivity index (χ0n) is 13.0. The van der Waals surface area contributed by atoms with Crippen molar-refractivity contribution in [3.05, 3.63) is 52.2 Å². The number of fused-ring (bicyclic) bond motifs is 1. The molecule has 3 heterocycles. The highest BCUT2D eigenvalue weighted by Crippen LogP contribution is 2.38. The summed E-state index contributed by atoms with van der Waals surface area (Å²) in [6.45, 7) is 0. The van der Waals surface area contributed by atoms with Crippen molar-refractivity contribution in [2.75, 3.05) is 0 Å². The van der Waals surface area contributed by atoms with Gasteiger partial charge in [0.25, 0.3) is 0 Å². The molecule has 0 aliphatic heterocycles. The van der Waals surface area contributed by atoms with Crippen LogP contribution in [-0.4, -0.2) is 19.8 Å². The smallest absolute Gasteiger partial charge is 0.346 e. The lowest BCUT2D eigenvalue weighted by Gasteiger charge is -2.03. The number of nitrogens with zero attached hydrogens (tertiary/aromatic N) is 3. The first-order chi connectivity index (χ1) is 12.7. The van der Waals surface area contributed by atoms with E-state index in [1.165, 1.54) is 29.1 Å². The summed E-state index contributed by atoms with van der Waals surface area (Å²) in [6, 6.07) is 13.5. The number of carboxylic acids is 1. The van der Waals surface area contributed by atoms with Gasteiger partial charge in [-0.25, -0.2) is 4.79 Å². The summed E-state index contributed by atoms with van der Waals surface area (Å²) in [6.07, 6.45) is 1.38. The second kappa shape index (κ2) is 6.80. The normalized spacial score (nSPS) is 11.6. The third-order valence-corrected chi connectivity index (χ3v) is 6.23. The van der Waals surface area contributed by atoms with Crippen molar-refractivity contribution in [2.24, 2.45) is 0 Å². The molecule has 0 saturated heterocycles. The molecule has 1 aromatic carbocycles. The largest absolute Gasteiger partial charge is 0.477 e. The van der Waals surface area contributed by atoms with E-state index in [2.05, 4.69) is 14.8 Å². The van der Waals surface area contributed by atoms with Gasteiger partial charge in [0, 0.05) is 25.8 Å². The lowest BCUT2D eigenvalue weighted by Crippen LogP contribution is -1.96. The third kappa shape index (κ3) is 2.93. The van der Waals surface area contributed by atoms with Crippen LogP contribution in [0.15, 0.2) is 47.4 Å². The van der Waals surface area contributed by atoms with E-state index in [-0.39, 0.29) is 5.57 Å². The van der Waals surface area contributed by atoms with Gasteiger partial charge in [0.05, 0.1) is 11.7 Å². The molecule has 4 rings (SSSR count). The molecule has 0 aliphatic carbocycles. The average Bonchev–Trinajstić information content (AvgIpc) is 3.39. The van der Waals surface area contributed by atoms with Crippen LogP contribution in [0.5, 0.6) is 0 Å². The topological polar surface area (TPSA) is 86.9 Å². The molecule has 1 N–H and O–H groups in total. The predicted molar refractivity (Wildman–Crippen MR) is 105 cm³/mol. The van der Waals surface area contributed by atoms with Crippen LogP contribution in [0.2, 0.25) is 0 Å². The van der Waals surface area contributed by atoms with E-state index in [1.807, 2.05) is 29.6 Å². The molecular weight excluding hydrogens is 386 g/mol. The summed E-state index contributed by atoms with van der Waals surface area (Å²) in [5.41, 5.74) is 3.42. The minimum Gasteiger partial charge on any atom is -0.477 e. The number of carbonyl (C=O) groups is 1. The first-order valence-electron chi connectivity index (χ1n) is 7.42. The Morgan fingerprint density at radius 2 is 1.81 bits per heavy atom. The number of hydrogen-bond acceptors (Lipinski definition) is 7. The molecule has 3 aromatic heterocycles. The van der Waals surface area contributed by atoms with Crippen LogP contribution < -0.4 is 0 Å². The lowest BCUT2D eigenvalue weighted by molar-refractivity contribution is -0.132. The highest BCUT2D eigenvalue weighted by Gasteiger charge is 2.15. The molecule has 0 spiro atoms. The molecule has 0 aliphatic rings. The maximum atomic E-state index is 11.0. The zero-order valence-corrected chi connectivity index (χ0v) is 15.5. The van der Waals surface area contributed by atoms with E-state index in [4.69, 9.17) is 10.4 Å². The SMILES string of the molecule is N#C/C(=C\c1ccc(-c2ccc(-c3cccs3)c3nsnc23)s1)C(=O)O. The zero-order chi connectivity index (χ0) is 18.1. The first-order valence-corrected chi connectivity index (χ1v) is 9.84. The number of benzene rings is 1. The van der Waals surface area contributed by atoms with Crippen LogP contribution in [0.4, 0.5) is 0 Å². The fraction of sp³-hybridized carbons (Fsp3) is 0. The summed E-state index contributed by atoms with van der Waals surface area (Å²) >= 11 is 4.25. The molecule has 0 atom stereocenters. The van der Waals surface area contributed by atoms with E-state index >= 15 is 0 Å². The number of carboxylic acid groups (broad SMARTS) is 1. The van der Waals surface area contributed by atoms with Gasteiger partial charge >= 0.3 is 5.97 Å². The van der Waals surface area contributed by atoms with Gasteiger partial charge in [-0.1, -0.05) is 18.2 Å². The molecule has 8 heteroatoms. The summed E-state index contributed by atoms with van der Waals surface area (Å²) in [5.74, 6) is -1.23. The van der Waals surface area contributed by atoms with Crippen LogP contribution in [0.3, 0.4) is 0 Å². The standard InChI is InChI=1S/C18H9N3O2S3/c19-9-10(18(22)23)8-11-3-6-15(25-11)13-5-4-12(14-2-1-7-24-14)16-17(13)21-26-20-16/h1-8H,(H,22,23)/b10-8+. The van der Waals surface area contributed by atoms with E-state index in [9.17, 15) is 4.79 Å². The highest BCUT2D eigenvalue weighted by atomic mass is 32.1. The molecule has 0 bridgehead atoms. The first kappa shape index (κ1) is 16.6. The summed E-state index contributed by atoms with van der Waals surface area (Å²) < 4.78 is 8.92. The maximum Gasteiger partial charge on any atom is 0.346 e. The second-order valence-electron chi connectivity index (χ2n) is 5.28. The molecule has 0 saturated carbocycles. The summed E-state index contributed by atoms with van der Waals surface area (Å²) in [5, 5.41) is 19.9. The molecule has 0 unspecified atom stereocenters. The van der Waals surface area contributed by atoms with Gasteiger partial charge in [-0.3, -0.25) is 0 Å². The van der Waals surface area contributed by atoms with E-state index < -0.39 is 5.97 Å². The molecule has 126 valence electrons. The van der Waals surface area contributed by atoms with Crippen LogP contribution in [0, 0.1) is 11.3 Å². The van der Waals surface area contributed by atoms with Gasteiger partial charge in [0.2, 0.25) is 0 Å². The maximum absolute atomic E-state index is 11.0. The number of aliphatic carboxylic acids is 1. The fourth-order valence-corrected chi connectivity index (χ4v) is 4.86. The Balaban J connectivity index is 1.80. The molecule has 26 heavy (non-hydrogen) atoms. The number of rotatable bonds is 4. The van der Waals surface area contributed by atoms with Crippen molar-refractivity contribution >= 4 is 57.5 Å². The number of nitriles is 1. The van der Waals surface area contributed by atoms with Gasteiger partial charge in [-0.15, -0.1) is 22.7 Å². The molecule has 0 amide bonds. The Morgan fingerprint density at radius 3 is 2.42 bits per heavy atom. The number of thiophene rings is 2. The van der Waals surface area contributed by atoms with E-state index in [1.54, 1.807) is 23.5 Å². The van der Waals surface area contributed by atoms with Crippen molar-refractivity contribution in [1.29, 1.82) is 5.26 Å². The van der Waals surface area contributed by atoms with Crippen LogP contribution in [-0.2, 0) is 4.79 Å². The van der Waals surface area contributed by atoms with Crippen LogP contribution in [0.25, 0.3) is 38.0 Å². The Hall–Kier alpha value is -2.86. The van der Waals surface area contributed by atoms with Crippen molar-refractivity contribution < 1.29 is 9.90 Å². The predicted octanol–water partition coefficient (Wildman–Crippen LogP) is 5.14. The summed E-state index contributed by atoms with van der Waals surface area (Å²) in [4.78, 5) is 13.8. The van der Waals surface area contributed by atoms with Crippen molar-refractivity contribution in [2.45, 2.75) is 0 Å².